The molecule has 47 heavy (non-hydrogen) atoms. The Bertz CT molecular complexity index is 1940. The predicted molar refractivity (Wildman–Crippen MR) is 178 cm³/mol. The van der Waals surface area contributed by atoms with E-state index in [-0.39, 0.29) is 52.7 Å². The van der Waals surface area contributed by atoms with Gasteiger partial charge >= 0.3 is 19.3 Å². The zero-order valence-corrected chi connectivity index (χ0v) is 27.2. The topological polar surface area (TPSA) is 90.1 Å². The van der Waals surface area contributed by atoms with E-state index in [0.29, 0.717) is 33.5 Å². The van der Waals surface area contributed by atoms with E-state index < -0.39 is 19.3 Å². The number of phenolic OH excluding ortho intramolecular Hbond substituents is 1. The summed E-state index contributed by atoms with van der Waals surface area (Å²) in [6.45, 7) is 9.96. The van der Waals surface area contributed by atoms with Crippen LogP contribution in [0, 0.1) is 27.7 Å². The second kappa shape index (κ2) is 13.6. The molecule has 1 N–H and O–H groups in total. The van der Waals surface area contributed by atoms with E-state index >= 15 is 8.63 Å². The van der Waals surface area contributed by atoms with Crippen LogP contribution >= 0.6 is 0 Å². The molecule has 7 nitrogen and oxygen atoms in total. The van der Waals surface area contributed by atoms with Gasteiger partial charge in [0.2, 0.25) is 0 Å². The van der Waals surface area contributed by atoms with Crippen molar-refractivity contribution in [1.29, 1.82) is 0 Å². The largest absolute Gasteiger partial charge is 0.677 e. The van der Waals surface area contributed by atoms with Crippen LogP contribution in [0.2, 0.25) is 0 Å². The zero-order chi connectivity index (χ0) is 34.0. The summed E-state index contributed by atoms with van der Waals surface area (Å²) in [5.41, 5.74) is 5.31. The fourth-order valence-electron chi connectivity index (χ4n) is 6.23. The monoisotopic (exact) mass is 636 g/mol. The standard InChI is InChI=1S/C37H35BF2N2O5/c1-21-17-29(43)18-22(2)30(21)33(34-23(3)31(25(5)41-34)36(44)46-19-27-13-9-7-10-14-27)35-24(4)32(26(6)42(35)38(39)40)37(45)47-20-28-15-11-8-12-16-28/h7-18,43H,19-20H2,1-6H3/b34-33-. The predicted octanol–water partition coefficient (Wildman–Crippen LogP) is 7.85. The number of halogens is 2. The van der Waals surface area contributed by atoms with E-state index in [0.717, 1.165) is 15.6 Å². The number of benzene rings is 3. The number of esters is 2. The number of carbonyl (C=O) groups excluding carboxylic acids is 2. The van der Waals surface area contributed by atoms with Crippen LogP contribution in [0.15, 0.2) is 94.6 Å². The van der Waals surface area contributed by atoms with Crippen molar-refractivity contribution >= 4 is 30.6 Å². The number of hydrogen-bond donors (Lipinski definition) is 1. The van der Waals surface area contributed by atoms with Crippen LogP contribution in [0.1, 0.15) is 69.0 Å². The second-order valence-corrected chi connectivity index (χ2v) is 11.6. The zero-order valence-electron chi connectivity index (χ0n) is 27.2. The molecule has 0 aliphatic carbocycles. The lowest BCUT2D eigenvalue weighted by Crippen LogP contribution is -2.19. The Labute approximate surface area is 273 Å². The summed E-state index contributed by atoms with van der Waals surface area (Å²) in [5, 5.41) is 10.4. The number of nitrogens with zero attached hydrogens (tertiary/aromatic N) is 2. The van der Waals surface area contributed by atoms with Crippen molar-refractivity contribution in [2.45, 2.75) is 54.8 Å². The molecule has 0 radical (unpaired) electrons. The van der Waals surface area contributed by atoms with Crippen LogP contribution in [0.5, 0.6) is 5.75 Å². The van der Waals surface area contributed by atoms with E-state index in [2.05, 4.69) is 0 Å². The maximum Gasteiger partial charge on any atom is 0.677 e. The summed E-state index contributed by atoms with van der Waals surface area (Å²) >= 11 is 0. The Hall–Kier alpha value is -5.25. The average Bonchev–Trinajstić information content (AvgIpc) is 3.47. The van der Waals surface area contributed by atoms with Crippen molar-refractivity contribution in [2.24, 2.45) is 4.99 Å². The summed E-state index contributed by atoms with van der Waals surface area (Å²) in [7, 11) is -3.03. The van der Waals surface area contributed by atoms with Gasteiger partial charge in [-0.15, -0.1) is 0 Å². The molecule has 0 atom stereocenters. The first kappa shape index (κ1) is 33.1. The number of hydrogen-bond acceptors (Lipinski definition) is 6. The van der Waals surface area contributed by atoms with Crippen molar-refractivity contribution < 1.29 is 32.8 Å². The van der Waals surface area contributed by atoms with Crippen LogP contribution < -0.4 is 0 Å². The van der Waals surface area contributed by atoms with Gasteiger partial charge in [-0.25, -0.2) is 9.59 Å². The molecule has 0 saturated heterocycles. The maximum absolute atomic E-state index is 15.1. The molecule has 5 rings (SSSR count). The molecule has 0 spiro atoms. The first-order valence-electron chi connectivity index (χ1n) is 15.1. The molecule has 0 saturated carbocycles. The minimum atomic E-state index is -3.03. The average molecular weight is 637 g/mol. The van der Waals surface area contributed by atoms with Gasteiger partial charge in [0.1, 0.15) is 19.0 Å². The third-order valence-corrected chi connectivity index (χ3v) is 8.34. The molecular weight excluding hydrogens is 601 g/mol. The Kier molecular flexibility index (Phi) is 9.60. The first-order valence-corrected chi connectivity index (χ1v) is 15.1. The van der Waals surface area contributed by atoms with E-state index in [1.807, 2.05) is 48.5 Å². The summed E-state index contributed by atoms with van der Waals surface area (Å²) in [6, 6.07) is 21.4. The lowest BCUT2D eigenvalue weighted by atomic mass is 9.87. The van der Waals surface area contributed by atoms with Crippen LogP contribution in [-0.2, 0) is 27.5 Å². The van der Waals surface area contributed by atoms with Crippen molar-refractivity contribution in [2.75, 3.05) is 0 Å². The lowest BCUT2D eigenvalue weighted by molar-refractivity contribution is -0.139. The molecule has 3 aromatic carbocycles. The van der Waals surface area contributed by atoms with E-state index in [1.165, 1.54) is 19.1 Å². The normalized spacial score (nSPS) is 13.8. The SMILES string of the molecule is CC1=N/C(=C(/c2c(C)cc(O)cc2C)c2c(C)c(C(=O)OCc3ccccc3)c(C)n2B(F)F)C(C)=C1C(=O)OCc1ccccc1. The minimum absolute atomic E-state index is 0.0129. The Morgan fingerprint density at radius 3 is 1.81 bits per heavy atom. The van der Waals surface area contributed by atoms with E-state index in [9.17, 15) is 14.7 Å². The number of carbonyl (C=O) groups is 2. The van der Waals surface area contributed by atoms with Gasteiger partial charge in [0.25, 0.3) is 0 Å². The number of aryl methyl sites for hydroxylation is 2. The van der Waals surface area contributed by atoms with E-state index in [1.54, 1.807) is 46.8 Å². The molecule has 10 heteroatoms. The van der Waals surface area contributed by atoms with Gasteiger partial charge in [-0.2, -0.15) is 0 Å². The Morgan fingerprint density at radius 1 is 0.787 bits per heavy atom. The van der Waals surface area contributed by atoms with Crippen LogP contribution in [-0.4, -0.2) is 34.6 Å². The van der Waals surface area contributed by atoms with Crippen LogP contribution in [0.4, 0.5) is 8.63 Å². The van der Waals surface area contributed by atoms with Crippen molar-refractivity contribution in [3.8, 4) is 5.75 Å². The number of allylic oxidation sites excluding steroid dienone is 1. The second-order valence-electron chi connectivity index (χ2n) is 11.6. The van der Waals surface area contributed by atoms with Gasteiger partial charge in [0.05, 0.1) is 22.5 Å². The van der Waals surface area contributed by atoms with Crippen LogP contribution in [0.3, 0.4) is 0 Å². The lowest BCUT2D eigenvalue weighted by Gasteiger charge is -2.20. The third kappa shape index (κ3) is 6.54. The fourth-order valence-corrected chi connectivity index (χ4v) is 6.23. The van der Waals surface area contributed by atoms with E-state index in [4.69, 9.17) is 14.5 Å². The number of rotatable bonds is 9. The highest BCUT2D eigenvalue weighted by atomic mass is 19.2. The smallest absolute Gasteiger partial charge is 0.508 e. The number of aromatic hydroxyl groups is 1. The molecule has 1 aliphatic rings. The third-order valence-electron chi connectivity index (χ3n) is 8.34. The van der Waals surface area contributed by atoms with Gasteiger partial charge in [-0.05, 0) is 92.6 Å². The summed E-state index contributed by atoms with van der Waals surface area (Å²) in [6.07, 6.45) is 0. The molecule has 1 aliphatic heterocycles. The number of aliphatic imine (C=N–C) groups is 1. The molecule has 4 aromatic rings. The first-order chi connectivity index (χ1) is 22.4. The molecule has 0 bridgehead atoms. The van der Waals surface area contributed by atoms with Crippen molar-refractivity contribution in [3.63, 3.8) is 0 Å². The molecular formula is C37H35BF2N2O5. The quantitative estimate of drug-likeness (QED) is 0.149. The van der Waals surface area contributed by atoms with Gasteiger partial charge < -0.3 is 19.1 Å². The minimum Gasteiger partial charge on any atom is -0.508 e. The molecule has 1 aromatic heterocycles. The van der Waals surface area contributed by atoms with Gasteiger partial charge in [-0.1, -0.05) is 60.7 Å². The molecule has 0 amide bonds. The summed E-state index contributed by atoms with van der Waals surface area (Å²) in [5.74, 6) is -1.32. The van der Waals surface area contributed by atoms with Gasteiger partial charge in [0, 0.05) is 17.0 Å². The highest BCUT2D eigenvalue weighted by Crippen LogP contribution is 2.43. The molecule has 240 valence electrons. The Morgan fingerprint density at radius 2 is 1.30 bits per heavy atom. The summed E-state index contributed by atoms with van der Waals surface area (Å²) < 4.78 is 42.2. The molecule has 0 fully saturated rings. The van der Waals surface area contributed by atoms with Gasteiger partial charge in [-0.3, -0.25) is 13.6 Å². The molecule has 0 unspecified atom stereocenters. The Balaban J connectivity index is 1.71. The highest BCUT2D eigenvalue weighted by Gasteiger charge is 2.37. The highest BCUT2D eigenvalue weighted by molar-refractivity contribution is 6.42. The van der Waals surface area contributed by atoms with Crippen molar-refractivity contribution in [3.05, 3.63) is 140 Å². The number of aromatic nitrogens is 1. The molecule has 2 heterocycles. The summed E-state index contributed by atoms with van der Waals surface area (Å²) in [4.78, 5) is 31.7. The number of phenols is 1. The van der Waals surface area contributed by atoms with Crippen molar-refractivity contribution in [1.82, 2.24) is 4.48 Å². The fraction of sp³-hybridized carbons (Fsp3) is 0.216. The number of ether oxygens (including phenoxy) is 2. The van der Waals surface area contributed by atoms with Gasteiger partial charge in [0.15, 0.2) is 0 Å². The maximum atomic E-state index is 15.1. The van der Waals surface area contributed by atoms with Crippen LogP contribution in [0.25, 0.3) is 5.57 Å².